The Kier molecular flexibility index (Phi) is 2.76. The van der Waals surface area contributed by atoms with Crippen molar-refractivity contribution in [2.75, 3.05) is 7.11 Å². The summed E-state index contributed by atoms with van der Waals surface area (Å²) in [4.78, 5) is 14.3. The van der Waals surface area contributed by atoms with Gasteiger partial charge in [-0.05, 0) is 24.6 Å². The summed E-state index contributed by atoms with van der Waals surface area (Å²) in [6.07, 6.45) is 2.00. The zero-order valence-electron chi connectivity index (χ0n) is 9.87. The minimum atomic E-state index is -1.25. The Morgan fingerprint density at radius 2 is 1.94 bits per heavy atom. The van der Waals surface area contributed by atoms with E-state index >= 15 is 0 Å². The molecule has 1 saturated carbocycles. The van der Waals surface area contributed by atoms with Crippen molar-refractivity contribution in [3.8, 4) is 5.75 Å². The molecule has 1 aliphatic carbocycles. The number of hydrogen-bond donors (Lipinski definition) is 0. The van der Waals surface area contributed by atoms with Crippen LogP contribution in [0.3, 0.4) is 0 Å². The van der Waals surface area contributed by atoms with E-state index in [0.717, 1.165) is 11.3 Å². The lowest BCUT2D eigenvalue weighted by molar-refractivity contribution is 0.00284. The third kappa shape index (κ3) is 2.08. The van der Waals surface area contributed by atoms with E-state index in [2.05, 4.69) is 4.99 Å². The van der Waals surface area contributed by atoms with Crippen molar-refractivity contribution >= 4 is 6.08 Å². The van der Waals surface area contributed by atoms with Gasteiger partial charge in [0.25, 0.3) is 0 Å². The van der Waals surface area contributed by atoms with Crippen molar-refractivity contribution in [3.63, 3.8) is 0 Å². The molecule has 1 aromatic carbocycles. The van der Waals surface area contributed by atoms with Crippen LogP contribution in [0.1, 0.15) is 25.3 Å². The van der Waals surface area contributed by atoms with Gasteiger partial charge in [-0.2, -0.15) is 4.99 Å². The molecular weight excluding hydrogens is 221 g/mol. The quantitative estimate of drug-likeness (QED) is 0.597. The van der Waals surface area contributed by atoms with Crippen molar-refractivity contribution in [3.05, 3.63) is 29.8 Å². The van der Waals surface area contributed by atoms with Crippen LogP contribution in [0, 0.1) is 0 Å². The van der Waals surface area contributed by atoms with Crippen molar-refractivity contribution < 1.29 is 13.9 Å². The second-order valence-corrected chi connectivity index (χ2v) is 4.73. The molecular formula is C13H14FNO2. The van der Waals surface area contributed by atoms with Crippen molar-refractivity contribution in [2.45, 2.75) is 31.0 Å². The molecule has 0 atom stereocenters. The van der Waals surface area contributed by atoms with Gasteiger partial charge in [0, 0.05) is 12.8 Å². The van der Waals surface area contributed by atoms with Crippen LogP contribution >= 0.6 is 0 Å². The highest BCUT2D eigenvalue weighted by Gasteiger charge is 2.54. The lowest BCUT2D eigenvalue weighted by atomic mass is 9.64. The van der Waals surface area contributed by atoms with E-state index in [4.69, 9.17) is 4.74 Å². The van der Waals surface area contributed by atoms with Gasteiger partial charge in [-0.15, -0.1) is 0 Å². The van der Waals surface area contributed by atoms with E-state index in [9.17, 15) is 9.18 Å². The number of aliphatic imine (C=N–C) groups is 1. The predicted octanol–water partition coefficient (Wildman–Crippen LogP) is 2.75. The maximum atomic E-state index is 13.6. The fourth-order valence-corrected chi connectivity index (χ4v) is 2.50. The van der Waals surface area contributed by atoms with E-state index in [1.807, 2.05) is 12.1 Å². The molecule has 0 aliphatic heterocycles. The van der Waals surface area contributed by atoms with Crippen LogP contribution in [0.25, 0.3) is 0 Å². The number of isocyanates is 1. The number of hydrogen-bond acceptors (Lipinski definition) is 3. The van der Waals surface area contributed by atoms with E-state index in [-0.39, 0.29) is 12.8 Å². The molecule has 1 fully saturated rings. The second kappa shape index (κ2) is 3.97. The molecule has 1 aromatic rings. The van der Waals surface area contributed by atoms with Crippen molar-refractivity contribution in [2.24, 2.45) is 4.99 Å². The molecule has 3 nitrogen and oxygen atoms in total. The van der Waals surface area contributed by atoms with Crippen LogP contribution < -0.4 is 4.74 Å². The van der Waals surface area contributed by atoms with E-state index in [1.165, 1.54) is 6.92 Å². The molecule has 0 heterocycles. The first-order valence-corrected chi connectivity index (χ1v) is 5.44. The topological polar surface area (TPSA) is 38.7 Å². The molecule has 90 valence electrons. The second-order valence-electron chi connectivity index (χ2n) is 4.73. The van der Waals surface area contributed by atoms with Gasteiger partial charge in [0.05, 0.1) is 7.11 Å². The molecule has 0 N–H and O–H groups in total. The highest BCUT2D eigenvalue weighted by Crippen LogP contribution is 2.53. The molecule has 0 amide bonds. The summed E-state index contributed by atoms with van der Waals surface area (Å²) in [5, 5.41) is 0. The molecule has 17 heavy (non-hydrogen) atoms. The summed E-state index contributed by atoms with van der Waals surface area (Å²) >= 11 is 0. The number of rotatable bonds is 3. The zero-order valence-corrected chi connectivity index (χ0v) is 9.87. The van der Waals surface area contributed by atoms with Gasteiger partial charge in [0.1, 0.15) is 17.0 Å². The molecule has 2 rings (SSSR count). The minimum Gasteiger partial charge on any atom is -0.497 e. The van der Waals surface area contributed by atoms with Gasteiger partial charge < -0.3 is 4.74 Å². The Morgan fingerprint density at radius 1 is 1.35 bits per heavy atom. The minimum absolute atomic E-state index is 0.224. The maximum absolute atomic E-state index is 13.6. The largest absolute Gasteiger partial charge is 0.497 e. The lowest BCUT2D eigenvalue weighted by Crippen LogP contribution is -2.48. The Morgan fingerprint density at radius 3 is 2.35 bits per heavy atom. The molecule has 0 saturated heterocycles. The monoisotopic (exact) mass is 235 g/mol. The highest BCUT2D eigenvalue weighted by atomic mass is 19.1. The third-order valence-corrected chi connectivity index (χ3v) is 3.21. The van der Waals surface area contributed by atoms with Gasteiger partial charge in [0.2, 0.25) is 6.08 Å². The van der Waals surface area contributed by atoms with Gasteiger partial charge in [-0.3, -0.25) is 0 Å². The number of benzene rings is 1. The van der Waals surface area contributed by atoms with Crippen LogP contribution in [0.15, 0.2) is 29.3 Å². The summed E-state index contributed by atoms with van der Waals surface area (Å²) in [5.41, 5.74) is -1.16. The Hall–Kier alpha value is -1.67. The third-order valence-electron chi connectivity index (χ3n) is 3.21. The normalized spacial score (nSPS) is 31.2. The van der Waals surface area contributed by atoms with Gasteiger partial charge >= 0.3 is 0 Å². The first-order valence-electron chi connectivity index (χ1n) is 5.44. The number of methoxy groups -OCH3 is 1. The summed E-state index contributed by atoms with van der Waals surface area (Å²) in [7, 11) is 1.58. The molecule has 4 heteroatoms. The van der Waals surface area contributed by atoms with Crippen LogP contribution in [-0.4, -0.2) is 18.9 Å². The smallest absolute Gasteiger partial charge is 0.235 e. The Bertz CT molecular complexity index is 453. The van der Waals surface area contributed by atoms with Crippen LogP contribution in [0.4, 0.5) is 4.39 Å². The molecule has 0 unspecified atom stereocenters. The average molecular weight is 235 g/mol. The summed E-state index contributed by atoms with van der Waals surface area (Å²) in [6, 6.07) is 7.19. The van der Waals surface area contributed by atoms with Gasteiger partial charge in [-0.1, -0.05) is 12.1 Å². The zero-order chi connectivity index (χ0) is 12.5. The van der Waals surface area contributed by atoms with Crippen molar-refractivity contribution in [1.29, 1.82) is 0 Å². The van der Waals surface area contributed by atoms with Crippen LogP contribution in [-0.2, 0) is 10.3 Å². The van der Waals surface area contributed by atoms with Gasteiger partial charge in [0.15, 0.2) is 0 Å². The lowest BCUT2D eigenvalue weighted by Gasteiger charge is -2.46. The summed E-state index contributed by atoms with van der Waals surface area (Å²) < 4.78 is 18.7. The molecule has 1 aliphatic rings. The standard InChI is InChI=1S/C13H14FNO2/c1-12(14)7-13(8-12,15-9-16)10-3-5-11(17-2)6-4-10/h3-6H,7-8H2,1-2H3. The summed E-state index contributed by atoms with van der Waals surface area (Å²) in [6.45, 7) is 1.52. The number of ether oxygens (including phenoxy) is 1. The van der Waals surface area contributed by atoms with Crippen LogP contribution in [0.2, 0.25) is 0 Å². The Labute approximate surface area is 99.3 Å². The SMILES string of the molecule is COc1ccc(C2(N=C=O)CC(C)(F)C2)cc1. The fourth-order valence-electron chi connectivity index (χ4n) is 2.50. The molecule has 0 aromatic heterocycles. The van der Waals surface area contributed by atoms with E-state index < -0.39 is 11.2 Å². The molecule has 0 spiro atoms. The first-order chi connectivity index (χ1) is 8.01. The highest BCUT2D eigenvalue weighted by molar-refractivity contribution is 5.42. The number of carbonyl (C=O) groups excluding carboxylic acids is 1. The Balaban J connectivity index is 2.31. The van der Waals surface area contributed by atoms with E-state index in [1.54, 1.807) is 25.3 Å². The maximum Gasteiger partial charge on any atom is 0.235 e. The fraction of sp³-hybridized carbons (Fsp3) is 0.462. The predicted molar refractivity (Wildman–Crippen MR) is 61.5 cm³/mol. The molecule has 0 radical (unpaired) electrons. The van der Waals surface area contributed by atoms with Gasteiger partial charge in [-0.25, -0.2) is 9.18 Å². The number of halogens is 1. The number of alkyl halides is 1. The summed E-state index contributed by atoms with van der Waals surface area (Å²) in [5.74, 6) is 0.723. The average Bonchev–Trinajstić information content (AvgIpc) is 2.27. The number of nitrogens with zero attached hydrogens (tertiary/aromatic N) is 1. The van der Waals surface area contributed by atoms with Crippen LogP contribution in [0.5, 0.6) is 5.75 Å². The molecule has 0 bridgehead atoms. The van der Waals surface area contributed by atoms with Crippen molar-refractivity contribution in [1.82, 2.24) is 0 Å². The first kappa shape index (κ1) is 11.8. The van der Waals surface area contributed by atoms with E-state index in [0.29, 0.717) is 0 Å².